The van der Waals surface area contributed by atoms with Crippen LogP contribution < -0.4 is 5.32 Å². The average molecular weight is 335 g/mol. The molecule has 0 saturated carbocycles. The molecule has 4 heteroatoms. The molecule has 2 rings (SSSR count). The maximum atomic E-state index is 13.2. The largest absolute Gasteiger partial charge is 0.328 e. The van der Waals surface area contributed by atoms with Crippen molar-refractivity contribution in [2.75, 3.05) is 0 Å². The van der Waals surface area contributed by atoms with E-state index in [1.54, 1.807) is 0 Å². The van der Waals surface area contributed by atoms with Gasteiger partial charge in [0.15, 0.2) is 0 Å². The van der Waals surface area contributed by atoms with Gasteiger partial charge in [-0.1, -0.05) is 33.8 Å². The molecule has 2 aliphatic rings. The van der Waals surface area contributed by atoms with Crippen molar-refractivity contribution in [3.8, 4) is 0 Å². The van der Waals surface area contributed by atoms with Gasteiger partial charge >= 0.3 is 0 Å². The van der Waals surface area contributed by atoms with E-state index in [-0.39, 0.29) is 28.7 Å². The minimum absolute atomic E-state index is 0.0186. The first kappa shape index (κ1) is 19.0. The highest BCUT2D eigenvalue weighted by Gasteiger charge is 2.51. The summed E-state index contributed by atoms with van der Waals surface area (Å²) in [7, 11) is 0. The third kappa shape index (κ3) is 3.84. The molecule has 0 unspecified atom stereocenters. The predicted molar refractivity (Wildman–Crippen MR) is 97.3 cm³/mol. The predicted octanol–water partition coefficient (Wildman–Crippen LogP) is 4.01. The number of nitrogens with zero attached hydrogens (tertiary/aromatic N) is 1. The second-order valence-corrected chi connectivity index (χ2v) is 9.03. The Hall–Kier alpha value is -1.32. The smallest absolute Gasteiger partial charge is 0.247 e. The molecule has 1 N–H and O–H groups in total. The number of hydrogen-bond acceptors (Lipinski definition) is 2. The van der Waals surface area contributed by atoms with E-state index in [4.69, 9.17) is 0 Å². The van der Waals surface area contributed by atoms with Crippen LogP contribution in [0.1, 0.15) is 80.1 Å². The minimum Gasteiger partial charge on any atom is -0.328 e. The van der Waals surface area contributed by atoms with Crippen LogP contribution in [0.4, 0.5) is 0 Å². The summed E-state index contributed by atoms with van der Waals surface area (Å²) in [6.45, 7) is 12.2. The summed E-state index contributed by atoms with van der Waals surface area (Å²) < 4.78 is 0. The number of nitrogens with one attached hydrogen (secondary N) is 1. The highest BCUT2D eigenvalue weighted by atomic mass is 16.2. The van der Waals surface area contributed by atoms with Crippen LogP contribution in [0.5, 0.6) is 0 Å². The Balaban J connectivity index is 2.33. The van der Waals surface area contributed by atoms with Crippen molar-refractivity contribution in [2.45, 2.75) is 91.6 Å². The second-order valence-electron chi connectivity index (χ2n) is 9.03. The SMILES string of the molecule is CC(C)C(=O)N1[C@H](C(=O)NC2=CCCCC2)C(C)(C)CCC1(C)C. The molecule has 1 atom stereocenters. The molecule has 0 aromatic heterocycles. The van der Waals surface area contributed by atoms with Crippen molar-refractivity contribution in [3.05, 3.63) is 11.8 Å². The van der Waals surface area contributed by atoms with Gasteiger partial charge in [0.1, 0.15) is 6.04 Å². The van der Waals surface area contributed by atoms with E-state index < -0.39 is 6.04 Å². The first-order valence-electron chi connectivity index (χ1n) is 9.39. The van der Waals surface area contributed by atoms with Crippen LogP contribution in [0.3, 0.4) is 0 Å². The summed E-state index contributed by atoms with van der Waals surface area (Å²) >= 11 is 0. The second kappa shape index (κ2) is 6.89. The molecule has 2 amide bonds. The molecule has 4 nitrogen and oxygen atoms in total. The summed E-state index contributed by atoms with van der Waals surface area (Å²) in [5.74, 6) is -0.0529. The summed E-state index contributed by atoms with van der Waals surface area (Å²) in [5, 5.41) is 3.13. The van der Waals surface area contributed by atoms with Crippen molar-refractivity contribution in [1.29, 1.82) is 0 Å². The lowest BCUT2D eigenvalue weighted by atomic mass is 9.69. The van der Waals surface area contributed by atoms with Crippen LogP contribution in [0.15, 0.2) is 11.8 Å². The lowest BCUT2D eigenvalue weighted by molar-refractivity contribution is -0.161. The molecule has 1 saturated heterocycles. The van der Waals surface area contributed by atoms with Crippen molar-refractivity contribution in [1.82, 2.24) is 10.2 Å². The molecule has 136 valence electrons. The molecule has 0 bridgehead atoms. The van der Waals surface area contributed by atoms with Gasteiger partial charge in [-0.15, -0.1) is 0 Å². The van der Waals surface area contributed by atoms with Gasteiger partial charge in [-0.3, -0.25) is 9.59 Å². The van der Waals surface area contributed by atoms with Gasteiger partial charge in [0, 0.05) is 17.2 Å². The fourth-order valence-electron chi connectivity index (χ4n) is 3.94. The molecule has 24 heavy (non-hydrogen) atoms. The number of carbonyl (C=O) groups is 2. The maximum Gasteiger partial charge on any atom is 0.247 e. The molecule has 1 aliphatic heterocycles. The number of hydrogen-bond donors (Lipinski definition) is 1. The summed E-state index contributed by atoms with van der Waals surface area (Å²) in [6, 6.07) is -0.418. The molecule has 0 radical (unpaired) electrons. The molecule has 0 aromatic rings. The Morgan fingerprint density at radius 1 is 1.17 bits per heavy atom. The topological polar surface area (TPSA) is 49.4 Å². The van der Waals surface area contributed by atoms with Crippen LogP contribution in [-0.4, -0.2) is 28.3 Å². The molecule has 1 heterocycles. The van der Waals surface area contributed by atoms with Crippen LogP contribution in [0.25, 0.3) is 0 Å². The summed E-state index contributed by atoms with van der Waals surface area (Å²) in [4.78, 5) is 28.0. The third-order valence-electron chi connectivity index (χ3n) is 5.59. The van der Waals surface area contributed by atoms with Gasteiger partial charge in [0.2, 0.25) is 11.8 Å². The average Bonchev–Trinajstić information content (AvgIpc) is 2.49. The number of carbonyl (C=O) groups excluding carboxylic acids is 2. The number of amides is 2. The standard InChI is InChI=1S/C20H34N2O2/c1-14(2)18(24)22-16(19(3,4)12-13-20(22,5)6)17(23)21-15-10-8-7-9-11-15/h10,14,16H,7-9,11-13H2,1-6H3,(H,21,23)/t16-/m1/s1. The molecular formula is C20H34N2O2. The Bertz CT molecular complexity index is 532. The quantitative estimate of drug-likeness (QED) is 0.847. The van der Waals surface area contributed by atoms with E-state index in [1.807, 2.05) is 18.7 Å². The first-order chi connectivity index (χ1) is 11.1. The van der Waals surface area contributed by atoms with Gasteiger partial charge < -0.3 is 10.2 Å². The Labute approximate surface area is 147 Å². The van der Waals surface area contributed by atoms with Gasteiger partial charge in [0.05, 0.1) is 0 Å². The van der Waals surface area contributed by atoms with Gasteiger partial charge in [-0.2, -0.15) is 0 Å². The molecular weight excluding hydrogens is 300 g/mol. The Morgan fingerprint density at radius 3 is 2.38 bits per heavy atom. The van der Waals surface area contributed by atoms with Crippen LogP contribution in [-0.2, 0) is 9.59 Å². The van der Waals surface area contributed by atoms with E-state index in [1.165, 1.54) is 6.42 Å². The number of allylic oxidation sites excluding steroid dienone is 2. The molecule has 0 aromatic carbocycles. The van der Waals surface area contributed by atoms with Crippen molar-refractivity contribution < 1.29 is 9.59 Å². The zero-order valence-electron chi connectivity index (χ0n) is 16.2. The van der Waals surface area contributed by atoms with Gasteiger partial charge in [-0.25, -0.2) is 0 Å². The lowest BCUT2D eigenvalue weighted by Crippen LogP contribution is -2.66. The van der Waals surface area contributed by atoms with E-state index in [2.05, 4.69) is 39.1 Å². The monoisotopic (exact) mass is 334 g/mol. The highest BCUT2D eigenvalue weighted by Crippen LogP contribution is 2.43. The van der Waals surface area contributed by atoms with Crippen LogP contribution in [0, 0.1) is 11.3 Å². The Morgan fingerprint density at radius 2 is 1.83 bits per heavy atom. The maximum absolute atomic E-state index is 13.2. The van der Waals surface area contributed by atoms with E-state index in [0.717, 1.165) is 37.8 Å². The third-order valence-corrected chi connectivity index (χ3v) is 5.59. The van der Waals surface area contributed by atoms with Crippen LogP contribution >= 0.6 is 0 Å². The zero-order chi connectivity index (χ0) is 18.1. The fourth-order valence-corrected chi connectivity index (χ4v) is 3.94. The van der Waals surface area contributed by atoms with Gasteiger partial charge in [0.25, 0.3) is 0 Å². The first-order valence-corrected chi connectivity index (χ1v) is 9.39. The number of piperidine rings is 1. The summed E-state index contributed by atoms with van der Waals surface area (Å²) in [5.41, 5.74) is 0.515. The zero-order valence-corrected chi connectivity index (χ0v) is 16.2. The lowest BCUT2D eigenvalue weighted by Gasteiger charge is -2.54. The normalized spacial score (nSPS) is 26.0. The fraction of sp³-hybridized carbons (Fsp3) is 0.800. The van der Waals surface area contributed by atoms with E-state index in [0.29, 0.717) is 0 Å². The van der Waals surface area contributed by atoms with Crippen molar-refractivity contribution in [2.24, 2.45) is 11.3 Å². The number of likely N-dealkylation sites (tertiary alicyclic amines) is 1. The molecule has 0 spiro atoms. The van der Waals surface area contributed by atoms with Gasteiger partial charge in [-0.05, 0) is 57.8 Å². The Kier molecular flexibility index (Phi) is 5.46. The van der Waals surface area contributed by atoms with Crippen molar-refractivity contribution >= 4 is 11.8 Å². The molecule has 1 fully saturated rings. The minimum atomic E-state index is -0.418. The highest BCUT2D eigenvalue weighted by molar-refractivity contribution is 5.90. The van der Waals surface area contributed by atoms with Crippen LogP contribution in [0.2, 0.25) is 0 Å². The molecule has 1 aliphatic carbocycles. The van der Waals surface area contributed by atoms with E-state index in [9.17, 15) is 9.59 Å². The van der Waals surface area contributed by atoms with Crippen molar-refractivity contribution in [3.63, 3.8) is 0 Å². The number of rotatable bonds is 3. The summed E-state index contributed by atoms with van der Waals surface area (Å²) in [6.07, 6.45) is 8.28. The van der Waals surface area contributed by atoms with E-state index >= 15 is 0 Å².